The fourth-order valence-corrected chi connectivity index (χ4v) is 1.66. The van der Waals surface area contributed by atoms with E-state index in [1.165, 1.54) is 0 Å². The minimum absolute atomic E-state index is 0.555. The average molecular weight is 244 g/mol. The van der Waals surface area contributed by atoms with Crippen LogP contribution in [0.1, 0.15) is 5.82 Å². The van der Waals surface area contributed by atoms with Crippen LogP contribution in [0.3, 0.4) is 0 Å². The van der Waals surface area contributed by atoms with Crippen LogP contribution in [0.15, 0.2) is 30.5 Å². The number of hydrogen-bond donors (Lipinski definition) is 1. The van der Waals surface area contributed by atoms with E-state index in [1.807, 2.05) is 43.1 Å². The summed E-state index contributed by atoms with van der Waals surface area (Å²) in [6, 6.07) is 7.71. The van der Waals surface area contributed by atoms with Gasteiger partial charge >= 0.3 is 0 Å². The van der Waals surface area contributed by atoms with Crippen LogP contribution in [-0.2, 0) is 0 Å². The summed E-state index contributed by atoms with van der Waals surface area (Å²) in [5.41, 5.74) is 7.43. The van der Waals surface area contributed by atoms with Gasteiger partial charge in [-0.1, -0.05) is 0 Å². The van der Waals surface area contributed by atoms with Crippen LogP contribution >= 0.6 is 0 Å². The number of nitrogen functional groups attached to an aromatic ring is 1. The fraction of sp³-hybridized carbons (Fsp3) is 0.231. The number of ether oxygens (including phenoxy) is 1. The zero-order valence-electron chi connectivity index (χ0n) is 10.7. The van der Waals surface area contributed by atoms with Gasteiger partial charge in [0.25, 0.3) is 0 Å². The van der Waals surface area contributed by atoms with Crippen LogP contribution in [0, 0.1) is 6.92 Å². The topological polar surface area (TPSA) is 64.3 Å². The molecule has 1 aromatic carbocycles. The summed E-state index contributed by atoms with van der Waals surface area (Å²) < 4.78 is 5.13. The van der Waals surface area contributed by atoms with Gasteiger partial charge in [-0.3, -0.25) is 0 Å². The minimum Gasteiger partial charge on any atom is -0.497 e. The molecule has 0 bridgehead atoms. The normalized spacial score (nSPS) is 10.2. The first-order chi connectivity index (χ1) is 8.61. The van der Waals surface area contributed by atoms with Gasteiger partial charge in [-0.2, -0.15) is 0 Å². The van der Waals surface area contributed by atoms with E-state index in [4.69, 9.17) is 10.5 Å². The second-order valence-electron chi connectivity index (χ2n) is 3.95. The standard InChI is InChI=1S/C13H16N4O/c1-9-15-8-12(14)13(16-9)17(2)10-4-6-11(18-3)7-5-10/h4-8H,14H2,1-3H3. The van der Waals surface area contributed by atoms with Crippen molar-refractivity contribution >= 4 is 17.2 Å². The van der Waals surface area contributed by atoms with Crippen LogP contribution in [0.2, 0.25) is 0 Å². The van der Waals surface area contributed by atoms with Gasteiger partial charge in [0.2, 0.25) is 0 Å². The Labute approximate surface area is 106 Å². The largest absolute Gasteiger partial charge is 0.497 e. The van der Waals surface area contributed by atoms with Gasteiger partial charge in [0.05, 0.1) is 19.0 Å². The van der Waals surface area contributed by atoms with Gasteiger partial charge in [-0.25, -0.2) is 9.97 Å². The molecule has 2 N–H and O–H groups in total. The molecular weight excluding hydrogens is 228 g/mol. The Morgan fingerprint density at radius 1 is 1.22 bits per heavy atom. The Bertz CT molecular complexity index is 539. The molecule has 0 saturated carbocycles. The fourth-order valence-electron chi connectivity index (χ4n) is 1.66. The van der Waals surface area contributed by atoms with E-state index < -0.39 is 0 Å². The van der Waals surface area contributed by atoms with Crippen molar-refractivity contribution in [1.82, 2.24) is 9.97 Å². The van der Waals surface area contributed by atoms with Gasteiger partial charge in [0.1, 0.15) is 11.6 Å². The molecule has 1 aromatic heterocycles. The molecule has 2 aromatic rings. The van der Waals surface area contributed by atoms with Crippen molar-refractivity contribution in [3.8, 4) is 5.75 Å². The second kappa shape index (κ2) is 4.91. The number of anilines is 3. The van der Waals surface area contributed by atoms with Gasteiger partial charge in [-0.15, -0.1) is 0 Å². The molecule has 0 aliphatic heterocycles. The molecule has 0 unspecified atom stereocenters. The summed E-state index contributed by atoms with van der Waals surface area (Å²) >= 11 is 0. The Kier molecular flexibility index (Phi) is 3.32. The maximum Gasteiger partial charge on any atom is 0.159 e. The first-order valence-corrected chi connectivity index (χ1v) is 5.58. The van der Waals surface area contributed by atoms with E-state index >= 15 is 0 Å². The first kappa shape index (κ1) is 12.2. The van der Waals surface area contributed by atoms with Gasteiger partial charge in [0, 0.05) is 12.7 Å². The molecule has 18 heavy (non-hydrogen) atoms. The Hall–Kier alpha value is -2.30. The van der Waals surface area contributed by atoms with Gasteiger partial charge < -0.3 is 15.4 Å². The highest BCUT2D eigenvalue weighted by Crippen LogP contribution is 2.27. The quantitative estimate of drug-likeness (QED) is 0.896. The molecule has 5 heteroatoms. The van der Waals surface area contributed by atoms with E-state index in [-0.39, 0.29) is 0 Å². The third-order valence-electron chi connectivity index (χ3n) is 2.69. The van der Waals surface area contributed by atoms with E-state index in [9.17, 15) is 0 Å². The molecule has 0 atom stereocenters. The lowest BCUT2D eigenvalue weighted by atomic mass is 10.2. The van der Waals surface area contributed by atoms with E-state index in [2.05, 4.69) is 9.97 Å². The molecule has 0 saturated heterocycles. The summed E-state index contributed by atoms with van der Waals surface area (Å²) in [6.07, 6.45) is 1.62. The van der Waals surface area contributed by atoms with Crippen molar-refractivity contribution in [3.63, 3.8) is 0 Å². The summed E-state index contributed by atoms with van der Waals surface area (Å²) in [5, 5.41) is 0. The van der Waals surface area contributed by atoms with Crippen molar-refractivity contribution in [3.05, 3.63) is 36.3 Å². The van der Waals surface area contributed by atoms with E-state index in [0.717, 1.165) is 11.4 Å². The highest BCUT2D eigenvalue weighted by atomic mass is 16.5. The number of nitrogens with zero attached hydrogens (tertiary/aromatic N) is 3. The molecular formula is C13H16N4O. The molecule has 5 nitrogen and oxygen atoms in total. The van der Waals surface area contributed by atoms with Crippen molar-refractivity contribution < 1.29 is 4.74 Å². The number of aromatic nitrogens is 2. The van der Waals surface area contributed by atoms with Crippen LogP contribution in [-0.4, -0.2) is 24.1 Å². The molecule has 2 rings (SSSR count). The summed E-state index contributed by atoms with van der Waals surface area (Å²) in [7, 11) is 3.56. The lowest BCUT2D eigenvalue weighted by Gasteiger charge is -2.20. The van der Waals surface area contributed by atoms with Crippen molar-refractivity contribution in [2.45, 2.75) is 6.92 Å². The predicted octanol–water partition coefficient (Wildman–Crippen LogP) is 2.14. The van der Waals surface area contributed by atoms with Crippen molar-refractivity contribution in [2.75, 3.05) is 24.8 Å². The maximum absolute atomic E-state index is 5.89. The molecule has 94 valence electrons. The molecule has 0 radical (unpaired) electrons. The Balaban J connectivity index is 2.34. The average Bonchev–Trinajstić information content (AvgIpc) is 2.41. The molecule has 0 fully saturated rings. The minimum atomic E-state index is 0.555. The van der Waals surface area contributed by atoms with Crippen LogP contribution in [0.5, 0.6) is 5.75 Å². The summed E-state index contributed by atoms with van der Waals surface area (Å²) in [6.45, 7) is 1.84. The van der Waals surface area contributed by atoms with Crippen LogP contribution in [0.25, 0.3) is 0 Å². The lowest BCUT2D eigenvalue weighted by molar-refractivity contribution is 0.415. The Morgan fingerprint density at radius 2 is 1.89 bits per heavy atom. The number of benzene rings is 1. The zero-order valence-corrected chi connectivity index (χ0v) is 10.7. The first-order valence-electron chi connectivity index (χ1n) is 5.58. The van der Waals surface area contributed by atoms with Crippen molar-refractivity contribution in [1.29, 1.82) is 0 Å². The number of nitrogens with two attached hydrogens (primary N) is 1. The molecule has 0 aliphatic rings. The van der Waals surface area contributed by atoms with Crippen molar-refractivity contribution in [2.24, 2.45) is 0 Å². The zero-order chi connectivity index (χ0) is 13.1. The van der Waals surface area contributed by atoms with Gasteiger partial charge in [-0.05, 0) is 31.2 Å². The highest BCUT2D eigenvalue weighted by molar-refractivity contribution is 5.70. The monoisotopic (exact) mass is 244 g/mol. The highest BCUT2D eigenvalue weighted by Gasteiger charge is 2.10. The summed E-state index contributed by atoms with van der Waals surface area (Å²) in [4.78, 5) is 10.3. The third-order valence-corrected chi connectivity index (χ3v) is 2.69. The Morgan fingerprint density at radius 3 is 2.50 bits per heavy atom. The van der Waals surface area contributed by atoms with E-state index in [1.54, 1.807) is 13.3 Å². The lowest BCUT2D eigenvalue weighted by Crippen LogP contribution is -2.14. The van der Waals surface area contributed by atoms with E-state index in [0.29, 0.717) is 17.3 Å². The SMILES string of the molecule is COc1ccc(N(C)c2nc(C)ncc2N)cc1. The second-order valence-corrected chi connectivity index (χ2v) is 3.95. The van der Waals surface area contributed by atoms with Crippen LogP contribution < -0.4 is 15.4 Å². The summed E-state index contributed by atoms with van der Waals surface area (Å²) in [5.74, 6) is 2.21. The number of methoxy groups -OCH3 is 1. The number of aryl methyl sites for hydroxylation is 1. The van der Waals surface area contributed by atoms with Crippen LogP contribution in [0.4, 0.5) is 17.2 Å². The molecule has 0 amide bonds. The number of hydrogen-bond acceptors (Lipinski definition) is 5. The molecule has 0 aliphatic carbocycles. The molecule has 1 heterocycles. The predicted molar refractivity (Wildman–Crippen MR) is 72.2 cm³/mol. The molecule has 0 spiro atoms. The maximum atomic E-state index is 5.89. The smallest absolute Gasteiger partial charge is 0.159 e. The van der Waals surface area contributed by atoms with Gasteiger partial charge in [0.15, 0.2) is 5.82 Å². The number of rotatable bonds is 3. The third kappa shape index (κ3) is 2.34.